The van der Waals surface area contributed by atoms with Gasteiger partial charge in [0.2, 0.25) is 0 Å². The Morgan fingerprint density at radius 2 is 0.642 bits per heavy atom. The van der Waals surface area contributed by atoms with Crippen LogP contribution in [0.15, 0.2) is 288 Å². The molecule has 137 heavy (non-hydrogen) atoms. The fourth-order valence-electron chi connectivity index (χ4n) is 22.8. The number of nitrogens with zero attached hydrogens (tertiary/aromatic N) is 2. The molecular weight excluding hydrogens is 1800 g/mol. The normalized spacial score (nSPS) is 15.3. The minimum absolute atomic E-state index is 0.0937. The number of halogens is 2. The lowest BCUT2D eigenvalue weighted by molar-refractivity contribution is -0.107. The van der Waals surface area contributed by atoms with Gasteiger partial charge in [-0.05, 0) is 355 Å². The highest BCUT2D eigenvalue weighted by atomic mass is 79.9. The SMILES string of the molecule is CC(C)(O)C(C)(C)O.CCCCCCCCC1(CCCCCCCC)c2cc(N(c3ccc(C)cc3)c3ccc(Br)cc3)ccc2-c2ccc(N(c3ccc(C)cc3)c3ccc(Br)cc3)cc21.[B]c1cc(CCCCCCC2(c3ccc4c(c3)CC4)c3ccccc3-c3ccccc32)c(B2OC(C)(C)C(C)(C)O2)cc1CCCCCCC1(c2ccc3c(c2)CC3)c2ccccc2-c2ccccc21. The molecule has 5 aliphatic carbocycles. The average molecular weight is 1940 g/mol. The molecule has 6 aliphatic rings. The maximum absolute atomic E-state index is 9.10. The largest absolute Gasteiger partial charge is 0.495 e. The van der Waals surface area contributed by atoms with Gasteiger partial charge in [-0.2, -0.15) is 0 Å². The molecule has 0 saturated carbocycles. The molecule has 2 N–H and O–H groups in total. The Morgan fingerprint density at radius 3 is 0.993 bits per heavy atom. The van der Waals surface area contributed by atoms with Crippen molar-refractivity contribution in [2.75, 3.05) is 9.80 Å². The fourth-order valence-corrected chi connectivity index (χ4v) is 23.3. The summed E-state index contributed by atoms with van der Waals surface area (Å²) >= 11 is 7.41. The van der Waals surface area contributed by atoms with Crippen molar-refractivity contribution < 1.29 is 19.5 Å². The quantitative estimate of drug-likeness (QED) is 0.0297. The van der Waals surface area contributed by atoms with Gasteiger partial charge < -0.3 is 29.3 Å². The molecule has 1 saturated heterocycles. The molecule has 6 nitrogen and oxygen atoms in total. The lowest BCUT2D eigenvalue weighted by atomic mass is 9.67. The second kappa shape index (κ2) is 42.8. The summed E-state index contributed by atoms with van der Waals surface area (Å²) < 4.78 is 15.7. The first-order chi connectivity index (χ1) is 66.1. The second-order valence-corrected chi connectivity index (χ2v) is 44.4. The summed E-state index contributed by atoms with van der Waals surface area (Å²) in [6.07, 6.45) is 36.1. The van der Waals surface area contributed by atoms with Crippen LogP contribution in [-0.4, -0.2) is 47.6 Å². The Kier molecular flexibility index (Phi) is 30.9. The van der Waals surface area contributed by atoms with Gasteiger partial charge in [-0.3, -0.25) is 0 Å². The molecule has 0 spiro atoms. The van der Waals surface area contributed by atoms with E-state index < -0.39 is 29.5 Å². The van der Waals surface area contributed by atoms with Crippen LogP contribution in [0.3, 0.4) is 0 Å². The van der Waals surface area contributed by atoms with Gasteiger partial charge in [-0.1, -0.05) is 365 Å². The van der Waals surface area contributed by atoms with E-state index in [1.807, 2.05) is 0 Å². The summed E-state index contributed by atoms with van der Waals surface area (Å²) in [6, 6.07) is 107. The topological polar surface area (TPSA) is 65.4 Å². The van der Waals surface area contributed by atoms with Crippen LogP contribution in [0.1, 0.15) is 312 Å². The molecule has 2 radical (unpaired) electrons. The maximum Gasteiger partial charge on any atom is 0.495 e. The molecule has 0 unspecified atom stereocenters. The number of aliphatic hydroxyl groups is 2. The molecule has 13 aromatic rings. The highest BCUT2D eigenvalue weighted by Crippen LogP contribution is 2.60. The summed E-state index contributed by atoms with van der Waals surface area (Å²) in [5, 5.41) is 18.2. The smallest absolute Gasteiger partial charge is 0.399 e. The molecule has 0 atom stereocenters. The molecule has 0 amide bonds. The van der Waals surface area contributed by atoms with Gasteiger partial charge in [-0.15, -0.1) is 0 Å². The number of aryl methyl sites for hydroxylation is 8. The van der Waals surface area contributed by atoms with Gasteiger partial charge in [0, 0.05) is 59.3 Å². The van der Waals surface area contributed by atoms with Crippen LogP contribution in [0, 0.1) is 13.8 Å². The first-order valence-corrected chi connectivity index (χ1v) is 53.6. The third-order valence-corrected chi connectivity index (χ3v) is 33.3. The Labute approximate surface area is 839 Å². The Hall–Kier alpha value is -9.61. The molecule has 13 aromatic carbocycles. The molecule has 1 fully saturated rings. The van der Waals surface area contributed by atoms with E-state index in [4.69, 9.17) is 27.4 Å². The molecule has 10 heteroatoms. The van der Waals surface area contributed by atoms with E-state index in [1.165, 1.54) is 281 Å². The van der Waals surface area contributed by atoms with Gasteiger partial charge in [0.25, 0.3) is 0 Å². The van der Waals surface area contributed by atoms with Crippen LogP contribution in [0.2, 0.25) is 0 Å². The number of hydrogen-bond acceptors (Lipinski definition) is 6. The van der Waals surface area contributed by atoms with E-state index in [-0.39, 0.29) is 16.2 Å². The highest BCUT2D eigenvalue weighted by Gasteiger charge is 2.53. The molecule has 0 aromatic heterocycles. The number of fused-ring (bicyclic) bond motifs is 11. The third-order valence-electron chi connectivity index (χ3n) is 32.3. The van der Waals surface area contributed by atoms with Crippen molar-refractivity contribution in [2.24, 2.45) is 0 Å². The van der Waals surface area contributed by atoms with Crippen molar-refractivity contribution in [1.29, 1.82) is 0 Å². The summed E-state index contributed by atoms with van der Waals surface area (Å²) in [7, 11) is 6.62. The van der Waals surface area contributed by atoms with Crippen LogP contribution in [0.5, 0.6) is 0 Å². The maximum atomic E-state index is 9.10. The Bertz CT molecular complexity index is 5960. The van der Waals surface area contributed by atoms with Crippen LogP contribution < -0.4 is 20.7 Å². The number of hydrogen-bond donors (Lipinski definition) is 2. The van der Waals surface area contributed by atoms with Crippen molar-refractivity contribution in [3.63, 3.8) is 0 Å². The van der Waals surface area contributed by atoms with E-state index in [0.717, 1.165) is 77.1 Å². The van der Waals surface area contributed by atoms with Crippen LogP contribution in [0.4, 0.5) is 34.1 Å². The second-order valence-electron chi connectivity index (χ2n) is 42.6. The zero-order valence-electron chi connectivity index (χ0n) is 83.8. The number of rotatable bonds is 38. The molecule has 706 valence electrons. The zero-order chi connectivity index (χ0) is 95.9. The Balaban J connectivity index is 0.000000178. The van der Waals surface area contributed by atoms with Gasteiger partial charge in [0.1, 0.15) is 7.85 Å². The average Bonchev–Trinajstić information content (AvgIpc) is 1.55. The first-order valence-electron chi connectivity index (χ1n) is 52.0. The molecule has 1 aliphatic heterocycles. The molecule has 1 heterocycles. The summed E-state index contributed by atoms with van der Waals surface area (Å²) in [5.41, 5.74) is 37.4. The van der Waals surface area contributed by atoms with Crippen molar-refractivity contribution in [3.8, 4) is 33.4 Å². The van der Waals surface area contributed by atoms with Gasteiger partial charge in [0.05, 0.1) is 22.4 Å². The predicted molar refractivity (Wildman–Crippen MR) is 588 cm³/mol. The van der Waals surface area contributed by atoms with Crippen molar-refractivity contribution in [3.05, 3.63) is 377 Å². The first kappa shape index (κ1) is 99.0. The van der Waals surface area contributed by atoms with Gasteiger partial charge in [-0.25, -0.2) is 0 Å². The van der Waals surface area contributed by atoms with Gasteiger partial charge >= 0.3 is 7.12 Å². The van der Waals surface area contributed by atoms with Crippen molar-refractivity contribution in [2.45, 2.75) is 314 Å². The minimum atomic E-state index is -1.01. The number of anilines is 6. The van der Waals surface area contributed by atoms with Gasteiger partial charge in [0.15, 0.2) is 0 Å². The number of benzene rings is 13. The highest BCUT2D eigenvalue weighted by molar-refractivity contribution is 9.10. The molecule has 19 rings (SSSR count). The van der Waals surface area contributed by atoms with Crippen LogP contribution in [-0.2, 0) is 64.1 Å². The fraction of sp³-hybridized carbons (Fsp3) is 0.386. The molecular formula is C127H144B2Br2N2O4. The van der Waals surface area contributed by atoms with E-state index in [9.17, 15) is 0 Å². The van der Waals surface area contributed by atoms with E-state index in [0.29, 0.717) is 0 Å². The third kappa shape index (κ3) is 20.8. The van der Waals surface area contributed by atoms with E-state index >= 15 is 0 Å². The summed E-state index contributed by atoms with van der Waals surface area (Å²) in [6.45, 7) is 23.9. The van der Waals surface area contributed by atoms with Crippen molar-refractivity contribution >= 4 is 91.9 Å². The summed E-state index contributed by atoms with van der Waals surface area (Å²) in [4.78, 5) is 4.90. The number of unbranched alkanes of at least 4 members (excludes halogenated alkanes) is 16. The molecule has 0 bridgehead atoms. The predicted octanol–water partition coefficient (Wildman–Crippen LogP) is 33.1. The van der Waals surface area contributed by atoms with E-state index in [1.54, 1.807) is 38.8 Å². The monoisotopic (exact) mass is 1940 g/mol. The zero-order valence-corrected chi connectivity index (χ0v) is 87.0. The standard InChI is InChI=1S/C66H68B2O2.C55H62Br2N2.C6H14O2/c1-63(2)64(3,4)70-68(69-63)62-44-49(21-9-5-7-19-39-65(51-37-35-45-31-33-47(45)41-51)57-27-15-11-23-53(57)54-24-12-16-28-58(54)65)61(67)43-50(62)22-10-6-8-20-40-66(52-38-36-46-32-34-48(46)42-52)59-29-17-13-25-55(59)56-26-14-18-30-60(56)66;1-5-7-9-11-13-15-37-55(38-16-14-12-10-8-6-2)53-39-49(58(45-25-17-41(3)18-26-45)47-29-21-43(56)22-30-47)33-35-51(53)52-36-34-50(40-54(52)55)59(46-27-19-42(4)20-28-46)48-31-23-44(57)24-32-48;1-5(2,7)6(3,4)8/h11-18,23-30,35-38,41-44H,5-10,19-22,31-34,39-40H2,1-4H3;17-36,39-40H,5-16,37-38H2,1-4H3;7-8H,1-4H3. The van der Waals surface area contributed by atoms with Crippen molar-refractivity contribution in [1.82, 2.24) is 0 Å². The lowest BCUT2D eigenvalue weighted by Crippen LogP contribution is -2.44. The van der Waals surface area contributed by atoms with E-state index in [2.05, 4.69) is 376 Å². The lowest BCUT2D eigenvalue weighted by Gasteiger charge is -2.35. The minimum Gasteiger partial charge on any atom is -0.399 e. The van der Waals surface area contributed by atoms with Crippen LogP contribution >= 0.6 is 31.9 Å². The Morgan fingerprint density at radius 1 is 0.328 bits per heavy atom. The van der Waals surface area contributed by atoms with Crippen LogP contribution in [0.25, 0.3) is 33.4 Å². The summed E-state index contributed by atoms with van der Waals surface area (Å²) in [5.74, 6) is 0.